The summed E-state index contributed by atoms with van der Waals surface area (Å²) in [6, 6.07) is 8.78. The average molecular weight is 353 g/mol. The summed E-state index contributed by atoms with van der Waals surface area (Å²) < 4.78 is 5.38. The van der Waals surface area contributed by atoms with Crippen LogP contribution in [-0.4, -0.2) is 31.5 Å². The zero-order chi connectivity index (χ0) is 16.7. The van der Waals surface area contributed by atoms with Crippen molar-refractivity contribution in [3.63, 3.8) is 0 Å². The van der Waals surface area contributed by atoms with Crippen molar-refractivity contribution in [3.8, 4) is 5.75 Å². The van der Waals surface area contributed by atoms with Crippen LogP contribution in [0, 0.1) is 6.92 Å². The molecule has 1 heterocycles. The molecule has 1 aromatic carbocycles. The lowest BCUT2D eigenvalue weighted by Crippen LogP contribution is -2.36. The maximum absolute atomic E-state index is 11.7. The molecule has 7 heteroatoms. The van der Waals surface area contributed by atoms with Crippen LogP contribution in [0.1, 0.15) is 15.2 Å². The SMILES string of the molecule is Cc1cc(OCC(=O)NCCNC(=O)c2cccs2)ccc1Cl. The Morgan fingerprint density at radius 2 is 2.00 bits per heavy atom. The Hall–Kier alpha value is -2.05. The third kappa shape index (κ3) is 5.58. The van der Waals surface area contributed by atoms with Gasteiger partial charge in [-0.3, -0.25) is 9.59 Å². The van der Waals surface area contributed by atoms with E-state index in [9.17, 15) is 9.59 Å². The van der Waals surface area contributed by atoms with E-state index in [1.165, 1.54) is 11.3 Å². The van der Waals surface area contributed by atoms with Crippen LogP contribution < -0.4 is 15.4 Å². The van der Waals surface area contributed by atoms with Crippen molar-refractivity contribution in [2.75, 3.05) is 19.7 Å². The molecule has 0 unspecified atom stereocenters. The van der Waals surface area contributed by atoms with Crippen LogP contribution in [0.2, 0.25) is 5.02 Å². The van der Waals surface area contributed by atoms with Crippen molar-refractivity contribution in [2.45, 2.75) is 6.92 Å². The Balaban J connectivity index is 1.63. The number of rotatable bonds is 7. The van der Waals surface area contributed by atoms with E-state index in [-0.39, 0.29) is 18.4 Å². The van der Waals surface area contributed by atoms with Gasteiger partial charge in [0, 0.05) is 18.1 Å². The van der Waals surface area contributed by atoms with Crippen molar-refractivity contribution >= 4 is 34.8 Å². The van der Waals surface area contributed by atoms with E-state index < -0.39 is 0 Å². The summed E-state index contributed by atoms with van der Waals surface area (Å²) in [5.74, 6) is 0.207. The van der Waals surface area contributed by atoms with Crippen LogP contribution in [0.25, 0.3) is 0 Å². The van der Waals surface area contributed by atoms with Gasteiger partial charge in [0.2, 0.25) is 0 Å². The number of amides is 2. The molecule has 0 radical (unpaired) electrons. The van der Waals surface area contributed by atoms with E-state index in [2.05, 4.69) is 10.6 Å². The van der Waals surface area contributed by atoms with Crippen LogP contribution in [-0.2, 0) is 4.79 Å². The Kier molecular flexibility index (Phi) is 6.43. The first kappa shape index (κ1) is 17.3. The van der Waals surface area contributed by atoms with Gasteiger partial charge in [-0.1, -0.05) is 17.7 Å². The highest BCUT2D eigenvalue weighted by atomic mass is 35.5. The van der Waals surface area contributed by atoms with Crippen molar-refractivity contribution in [2.24, 2.45) is 0 Å². The van der Waals surface area contributed by atoms with Gasteiger partial charge in [-0.25, -0.2) is 0 Å². The first-order chi connectivity index (χ1) is 11.1. The van der Waals surface area contributed by atoms with Gasteiger partial charge in [0.25, 0.3) is 11.8 Å². The fourth-order valence-corrected chi connectivity index (χ4v) is 2.54. The Morgan fingerprint density at radius 3 is 2.70 bits per heavy atom. The summed E-state index contributed by atoms with van der Waals surface area (Å²) in [5.41, 5.74) is 0.890. The summed E-state index contributed by atoms with van der Waals surface area (Å²) in [6.07, 6.45) is 0. The minimum Gasteiger partial charge on any atom is -0.484 e. The average Bonchev–Trinajstić information content (AvgIpc) is 3.07. The minimum atomic E-state index is -0.247. The smallest absolute Gasteiger partial charge is 0.261 e. The van der Waals surface area contributed by atoms with Crippen molar-refractivity contribution < 1.29 is 14.3 Å². The topological polar surface area (TPSA) is 67.4 Å². The molecular formula is C16H17ClN2O3S. The highest BCUT2D eigenvalue weighted by Crippen LogP contribution is 2.20. The molecule has 0 atom stereocenters. The van der Waals surface area contributed by atoms with E-state index in [1.54, 1.807) is 24.3 Å². The quantitative estimate of drug-likeness (QED) is 0.753. The molecule has 2 N–H and O–H groups in total. The van der Waals surface area contributed by atoms with E-state index in [0.717, 1.165) is 5.56 Å². The second kappa shape index (κ2) is 8.55. The van der Waals surface area contributed by atoms with E-state index >= 15 is 0 Å². The molecule has 122 valence electrons. The van der Waals surface area contributed by atoms with Gasteiger partial charge in [-0.05, 0) is 42.1 Å². The van der Waals surface area contributed by atoms with Crippen molar-refractivity contribution in [1.29, 1.82) is 0 Å². The highest BCUT2D eigenvalue weighted by molar-refractivity contribution is 7.12. The van der Waals surface area contributed by atoms with Crippen molar-refractivity contribution in [1.82, 2.24) is 10.6 Å². The number of nitrogens with one attached hydrogen (secondary N) is 2. The summed E-state index contributed by atoms with van der Waals surface area (Å²) in [4.78, 5) is 24.0. The molecule has 23 heavy (non-hydrogen) atoms. The minimum absolute atomic E-state index is 0.0834. The number of aryl methyl sites for hydroxylation is 1. The maximum atomic E-state index is 11.7. The number of thiophene rings is 1. The molecule has 0 saturated carbocycles. The highest BCUT2D eigenvalue weighted by Gasteiger charge is 2.06. The molecular weight excluding hydrogens is 336 g/mol. The van der Waals surface area contributed by atoms with Crippen LogP contribution in [0.4, 0.5) is 0 Å². The molecule has 0 fully saturated rings. The zero-order valence-electron chi connectivity index (χ0n) is 12.6. The van der Waals surface area contributed by atoms with Gasteiger partial charge in [-0.15, -0.1) is 11.3 Å². The molecule has 1 aromatic heterocycles. The normalized spacial score (nSPS) is 10.2. The van der Waals surface area contributed by atoms with E-state index in [1.807, 2.05) is 18.4 Å². The molecule has 2 aromatic rings. The number of ether oxygens (including phenoxy) is 1. The van der Waals surface area contributed by atoms with Gasteiger partial charge >= 0.3 is 0 Å². The van der Waals surface area contributed by atoms with Crippen LogP contribution >= 0.6 is 22.9 Å². The molecule has 0 saturated heterocycles. The lowest BCUT2D eigenvalue weighted by atomic mass is 10.2. The molecule has 5 nitrogen and oxygen atoms in total. The molecule has 2 amide bonds. The summed E-state index contributed by atoms with van der Waals surface area (Å²) in [7, 11) is 0. The lowest BCUT2D eigenvalue weighted by Gasteiger charge is -2.09. The summed E-state index contributed by atoms with van der Waals surface area (Å²) in [5, 5.41) is 7.90. The number of benzene rings is 1. The second-order valence-corrected chi connectivity index (χ2v) is 6.14. The number of carbonyl (C=O) groups excluding carboxylic acids is 2. The molecule has 2 rings (SSSR count). The lowest BCUT2D eigenvalue weighted by molar-refractivity contribution is -0.123. The third-order valence-corrected chi connectivity index (χ3v) is 4.27. The zero-order valence-corrected chi connectivity index (χ0v) is 14.2. The molecule has 0 spiro atoms. The van der Waals surface area contributed by atoms with E-state index in [0.29, 0.717) is 28.7 Å². The number of carbonyl (C=O) groups is 2. The Labute approximate surface area is 143 Å². The van der Waals surface area contributed by atoms with Crippen LogP contribution in [0.15, 0.2) is 35.7 Å². The number of hydrogen-bond donors (Lipinski definition) is 2. The van der Waals surface area contributed by atoms with Crippen molar-refractivity contribution in [3.05, 3.63) is 51.2 Å². The first-order valence-corrected chi connectivity index (χ1v) is 8.29. The first-order valence-electron chi connectivity index (χ1n) is 7.03. The summed E-state index contributed by atoms with van der Waals surface area (Å²) >= 11 is 7.30. The van der Waals surface area contributed by atoms with Gasteiger partial charge < -0.3 is 15.4 Å². The standard InChI is InChI=1S/C16H17ClN2O3S/c1-11-9-12(4-5-13(11)17)22-10-15(20)18-6-7-19-16(21)14-3-2-8-23-14/h2-5,8-9H,6-7,10H2,1H3,(H,18,20)(H,19,21). The fraction of sp³-hybridized carbons (Fsp3) is 0.250. The maximum Gasteiger partial charge on any atom is 0.261 e. The van der Waals surface area contributed by atoms with Gasteiger partial charge in [0.1, 0.15) is 5.75 Å². The van der Waals surface area contributed by atoms with Gasteiger partial charge in [0.15, 0.2) is 6.61 Å². The van der Waals surface area contributed by atoms with Crippen LogP contribution in [0.5, 0.6) is 5.75 Å². The Morgan fingerprint density at radius 1 is 1.22 bits per heavy atom. The summed E-state index contributed by atoms with van der Waals surface area (Å²) in [6.45, 7) is 2.49. The molecule has 0 aliphatic heterocycles. The number of halogens is 1. The monoisotopic (exact) mass is 352 g/mol. The van der Waals surface area contributed by atoms with Gasteiger partial charge in [-0.2, -0.15) is 0 Å². The third-order valence-electron chi connectivity index (χ3n) is 2.98. The number of hydrogen-bond acceptors (Lipinski definition) is 4. The molecule has 0 bridgehead atoms. The van der Waals surface area contributed by atoms with Gasteiger partial charge in [0.05, 0.1) is 4.88 Å². The predicted molar refractivity (Wildman–Crippen MR) is 91.3 cm³/mol. The molecule has 0 aliphatic carbocycles. The van der Waals surface area contributed by atoms with Crippen LogP contribution in [0.3, 0.4) is 0 Å². The largest absolute Gasteiger partial charge is 0.484 e. The Bertz CT molecular complexity index is 674. The predicted octanol–water partition coefficient (Wildman–Crippen LogP) is 2.63. The second-order valence-electron chi connectivity index (χ2n) is 4.78. The van der Waals surface area contributed by atoms with E-state index in [4.69, 9.17) is 16.3 Å². The molecule has 0 aliphatic rings. The fourth-order valence-electron chi connectivity index (χ4n) is 1.78.